The summed E-state index contributed by atoms with van der Waals surface area (Å²) in [5, 5.41) is 10.2. The van der Waals surface area contributed by atoms with Gasteiger partial charge in [-0.1, -0.05) is 6.07 Å². The van der Waals surface area contributed by atoms with E-state index in [1.54, 1.807) is 18.3 Å². The van der Waals surface area contributed by atoms with Crippen molar-refractivity contribution in [1.29, 1.82) is 0 Å². The number of hydrogen-bond donors (Lipinski definition) is 2. The Kier molecular flexibility index (Phi) is 4.37. The Balaban J connectivity index is 1.92. The number of fused-ring (bicyclic) bond motifs is 1. The summed E-state index contributed by atoms with van der Waals surface area (Å²) >= 11 is 0. The van der Waals surface area contributed by atoms with E-state index in [0.717, 1.165) is 10.9 Å². The van der Waals surface area contributed by atoms with E-state index in [9.17, 15) is 13.6 Å². The first kappa shape index (κ1) is 15.9. The SMILES string of the molecule is CCOc1cc2[nH]ncc2cc1NC(=O)c1cccc(C(F)F)n1. The highest BCUT2D eigenvalue weighted by Crippen LogP contribution is 2.30. The molecule has 24 heavy (non-hydrogen) atoms. The highest BCUT2D eigenvalue weighted by atomic mass is 19.3. The Morgan fingerprint density at radius 1 is 1.38 bits per heavy atom. The first-order chi connectivity index (χ1) is 11.6. The summed E-state index contributed by atoms with van der Waals surface area (Å²) in [6.07, 6.45) is -1.13. The fourth-order valence-corrected chi connectivity index (χ4v) is 2.23. The van der Waals surface area contributed by atoms with Crippen LogP contribution in [0.5, 0.6) is 5.75 Å². The lowest BCUT2D eigenvalue weighted by atomic mass is 10.2. The summed E-state index contributed by atoms with van der Waals surface area (Å²) in [6.45, 7) is 2.22. The van der Waals surface area contributed by atoms with E-state index in [0.29, 0.717) is 18.0 Å². The van der Waals surface area contributed by atoms with Gasteiger partial charge in [0.1, 0.15) is 17.1 Å². The molecular weight excluding hydrogens is 318 g/mol. The zero-order valence-electron chi connectivity index (χ0n) is 12.7. The lowest BCUT2D eigenvalue weighted by Gasteiger charge is -2.12. The largest absolute Gasteiger partial charge is 0.492 e. The first-order valence-electron chi connectivity index (χ1n) is 7.25. The second-order valence-corrected chi connectivity index (χ2v) is 4.94. The number of aromatic amines is 1. The summed E-state index contributed by atoms with van der Waals surface area (Å²) < 4.78 is 30.9. The topological polar surface area (TPSA) is 79.9 Å². The number of carbonyl (C=O) groups is 1. The highest BCUT2D eigenvalue weighted by molar-refractivity contribution is 6.05. The number of pyridine rings is 1. The Labute approximate surface area is 135 Å². The molecule has 0 fully saturated rings. The van der Waals surface area contributed by atoms with Crippen LogP contribution in [0.25, 0.3) is 10.9 Å². The lowest BCUT2D eigenvalue weighted by Crippen LogP contribution is -2.15. The maximum atomic E-state index is 12.7. The predicted octanol–water partition coefficient (Wildman–Crippen LogP) is 3.55. The summed E-state index contributed by atoms with van der Waals surface area (Å²) in [7, 11) is 0. The maximum Gasteiger partial charge on any atom is 0.280 e. The molecule has 2 aromatic heterocycles. The van der Waals surface area contributed by atoms with Crippen LogP contribution in [-0.2, 0) is 0 Å². The van der Waals surface area contributed by atoms with Gasteiger partial charge in [0.25, 0.3) is 12.3 Å². The van der Waals surface area contributed by atoms with Crippen molar-refractivity contribution in [2.24, 2.45) is 0 Å². The molecule has 8 heteroatoms. The molecular formula is C16H14F2N4O2. The lowest BCUT2D eigenvalue weighted by molar-refractivity contribution is 0.101. The van der Waals surface area contributed by atoms with Gasteiger partial charge in [-0.05, 0) is 25.1 Å². The number of H-pyrrole nitrogens is 1. The van der Waals surface area contributed by atoms with Gasteiger partial charge in [0.15, 0.2) is 0 Å². The molecule has 0 unspecified atom stereocenters. The fourth-order valence-electron chi connectivity index (χ4n) is 2.23. The first-order valence-corrected chi connectivity index (χ1v) is 7.25. The summed E-state index contributed by atoms with van der Waals surface area (Å²) in [6, 6.07) is 7.32. The van der Waals surface area contributed by atoms with Crippen molar-refractivity contribution >= 4 is 22.5 Å². The van der Waals surface area contributed by atoms with E-state index in [2.05, 4.69) is 20.5 Å². The Morgan fingerprint density at radius 2 is 2.21 bits per heavy atom. The molecule has 2 heterocycles. The van der Waals surface area contributed by atoms with Crippen LogP contribution in [0.4, 0.5) is 14.5 Å². The monoisotopic (exact) mass is 332 g/mol. The van der Waals surface area contributed by atoms with Crippen LogP contribution in [0.3, 0.4) is 0 Å². The Hall–Kier alpha value is -3.03. The fraction of sp³-hybridized carbons (Fsp3) is 0.188. The van der Waals surface area contributed by atoms with Crippen LogP contribution in [0, 0.1) is 0 Å². The third-order valence-electron chi connectivity index (χ3n) is 3.32. The quantitative estimate of drug-likeness (QED) is 0.749. The molecule has 2 N–H and O–H groups in total. The number of nitrogens with zero attached hydrogens (tertiary/aromatic N) is 2. The standard InChI is InChI=1S/C16H14F2N4O2/c1-2-24-14-7-12-9(8-19-22-12)6-13(14)21-16(23)11-5-3-4-10(20-11)15(17)18/h3-8,15H,2H2,1H3,(H,19,22)(H,21,23). The minimum absolute atomic E-state index is 0.0949. The molecule has 1 aromatic carbocycles. The summed E-state index contributed by atoms with van der Waals surface area (Å²) in [5.74, 6) is -0.145. The molecule has 0 atom stereocenters. The van der Waals surface area contributed by atoms with Gasteiger partial charge in [0, 0.05) is 11.5 Å². The highest BCUT2D eigenvalue weighted by Gasteiger charge is 2.16. The van der Waals surface area contributed by atoms with E-state index >= 15 is 0 Å². The van der Waals surface area contributed by atoms with Gasteiger partial charge in [0.05, 0.1) is 24.0 Å². The van der Waals surface area contributed by atoms with E-state index in [1.807, 2.05) is 6.92 Å². The van der Waals surface area contributed by atoms with Crippen molar-refractivity contribution < 1.29 is 18.3 Å². The number of nitrogens with one attached hydrogen (secondary N) is 2. The van der Waals surface area contributed by atoms with Crippen molar-refractivity contribution in [2.45, 2.75) is 13.3 Å². The number of carbonyl (C=O) groups excluding carboxylic acids is 1. The van der Waals surface area contributed by atoms with Gasteiger partial charge < -0.3 is 10.1 Å². The molecule has 0 saturated heterocycles. The van der Waals surface area contributed by atoms with E-state index in [-0.39, 0.29) is 5.69 Å². The van der Waals surface area contributed by atoms with Crippen LogP contribution in [0.15, 0.2) is 36.5 Å². The predicted molar refractivity (Wildman–Crippen MR) is 84.4 cm³/mol. The smallest absolute Gasteiger partial charge is 0.280 e. The molecule has 0 aliphatic carbocycles. The van der Waals surface area contributed by atoms with Gasteiger partial charge in [-0.15, -0.1) is 0 Å². The molecule has 0 aliphatic rings. The number of aromatic nitrogens is 3. The van der Waals surface area contributed by atoms with Crippen LogP contribution >= 0.6 is 0 Å². The third kappa shape index (κ3) is 3.17. The number of benzene rings is 1. The zero-order chi connectivity index (χ0) is 17.1. The average Bonchev–Trinajstić information content (AvgIpc) is 3.02. The van der Waals surface area contributed by atoms with Crippen molar-refractivity contribution in [2.75, 3.05) is 11.9 Å². The molecule has 0 radical (unpaired) electrons. The van der Waals surface area contributed by atoms with E-state index in [4.69, 9.17) is 4.74 Å². The molecule has 124 valence electrons. The summed E-state index contributed by atoms with van der Waals surface area (Å²) in [4.78, 5) is 16.0. The van der Waals surface area contributed by atoms with Crippen molar-refractivity contribution in [3.8, 4) is 5.75 Å². The molecule has 3 aromatic rings. The van der Waals surface area contributed by atoms with Gasteiger partial charge in [-0.2, -0.15) is 5.10 Å². The molecule has 3 rings (SSSR count). The Morgan fingerprint density at radius 3 is 2.96 bits per heavy atom. The number of alkyl halides is 2. The molecule has 0 aliphatic heterocycles. The molecule has 1 amide bonds. The van der Waals surface area contributed by atoms with Gasteiger partial charge in [-0.25, -0.2) is 13.8 Å². The molecule has 0 bridgehead atoms. The summed E-state index contributed by atoms with van der Waals surface area (Å²) in [5.41, 5.74) is 0.634. The second kappa shape index (κ2) is 6.61. The van der Waals surface area contributed by atoms with Crippen molar-refractivity contribution in [3.05, 3.63) is 47.9 Å². The van der Waals surface area contributed by atoms with Gasteiger partial charge in [-0.3, -0.25) is 9.89 Å². The van der Waals surface area contributed by atoms with Crippen LogP contribution in [0.1, 0.15) is 29.5 Å². The molecule has 6 nitrogen and oxygen atoms in total. The van der Waals surface area contributed by atoms with Gasteiger partial charge >= 0.3 is 0 Å². The number of rotatable bonds is 5. The minimum atomic E-state index is -2.74. The maximum absolute atomic E-state index is 12.7. The van der Waals surface area contributed by atoms with E-state index < -0.39 is 18.0 Å². The second-order valence-electron chi connectivity index (χ2n) is 4.94. The van der Waals surface area contributed by atoms with Crippen LogP contribution < -0.4 is 10.1 Å². The number of anilines is 1. The number of hydrogen-bond acceptors (Lipinski definition) is 4. The average molecular weight is 332 g/mol. The Bertz CT molecular complexity index is 879. The third-order valence-corrected chi connectivity index (χ3v) is 3.32. The zero-order valence-corrected chi connectivity index (χ0v) is 12.7. The van der Waals surface area contributed by atoms with Crippen molar-refractivity contribution in [3.63, 3.8) is 0 Å². The van der Waals surface area contributed by atoms with Gasteiger partial charge in [0.2, 0.25) is 0 Å². The van der Waals surface area contributed by atoms with Crippen molar-refractivity contribution in [1.82, 2.24) is 15.2 Å². The number of amides is 1. The molecule has 0 spiro atoms. The normalized spacial score (nSPS) is 11.0. The number of halogens is 2. The van der Waals surface area contributed by atoms with Crippen LogP contribution in [-0.4, -0.2) is 27.7 Å². The molecule has 0 saturated carbocycles. The number of ether oxygens (including phenoxy) is 1. The van der Waals surface area contributed by atoms with E-state index in [1.165, 1.54) is 18.2 Å². The van der Waals surface area contributed by atoms with Crippen LogP contribution in [0.2, 0.25) is 0 Å². The minimum Gasteiger partial charge on any atom is -0.492 e.